The quantitative estimate of drug-likeness (QED) is 0.893. The van der Waals surface area contributed by atoms with Gasteiger partial charge >= 0.3 is 0 Å². The van der Waals surface area contributed by atoms with Crippen molar-refractivity contribution >= 4 is 43.2 Å². The molecule has 0 bridgehead atoms. The Labute approximate surface area is 123 Å². The van der Waals surface area contributed by atoms with Crippen LogP contribution in [0.3, 0.4) is 0 Å². The maximum absolute atomic E-state index is 13.1. The lowest BCUT2D eigenvalue weighted by Gasteiger charge is -2.10. The number of anilines is 1. The molecule has 3 nitrogen and oxygen atoms in total. The molecule has 2 aromatic rings. The van der Waals surface area contributed by atoms with Gasteiger partial charge in [-0.15, -0.1) is 0 Å². The molecule has 0 heterocycles. The molecule has 0 unspecified atom stereocenters. The van der Waals surface area contributed by atoms with E-state index < -0.39 is 15.8 Å². The van der Waals surface area contributed by atoms with E-state index in [2.05, 4.69) is 20.7 Å². The molecule has 0 aliphatic carbocycles. The second kappa shape index (κ2) is 5.48. The lowest BCUT2D eigenvalue weighted by Crippen LogP contribution is -2.14. The zero-order valence-electron chi connectivity index (χ0n) is 9.40. The summed E-state index contributed by atoms with van der Waals surface area (Å²) in [6.07, 6.45) is 0. The minimum absolute atomic E-state index is 0.0408. The number of sulfonamides is 1. The number of nitrogens with one attached hydrogen (secondary N) is 1. The minimum atomic E-state index is -3.94. The van der Waals surface area contributed by atoms with Crippen LogP contribution in [0.4, 0.5) is 10.1 Å². The zero-order valence-corrected chi connectivity index (χ0v) is 12.6. The number of para-hydroxylation sites is 1. The van der Waals surface area contributed by atoms with Crippen LogP contribution in [-0.4, -0.2) is 8.42 Å². The van der Waals surface area contributed by atoms with Crippen LogP contribution < -0.4 is 4.72 Å². The Morgan fingerprint density at radius 2 is 1.84 bits per heavy atom. The van der Waals surface area contributed by atoms with E-state index in [1.54, 1.807) is 24.3 Å². The molecule has 100 valence electrons. The van der Waals surface area contributed by atoms with Crippen molar-refractivity contribution in [2.45, 2.75) is 4.90 Å². The highest BCUT2D eigenvalue weighted by molar-refractivity contribution is 9.10. The molecule has 0 aliphatic heterocycles. The third-order valence-electron chi connectivity index (χ3n) is 2.30. The van der Waals surface area contributed by atoms with Gasteiger partial charge in [-0.05, 0) is 46.3 Å². The number of hydrogen-bond acceptors (Lipinski definition) is 2. The van der Waals surface area contributed by atoms with Crippen molar-refractivity contribution in [2.24, 2.45) is 0 Å². The molecule has 2 aromatic carbocycles. The second-order valence-corrected chi connectivity index (χ2v) is 6.57. The fraction of sp³-hybridized carbons (Fsp3) is 0. The largest absolute Gasteiger partial charge is 0.278 e. The van der Waals surface area contributed by atoms with E-state index in [4.69, 9.17) is 11.6 Å². The van der Waals surface area contributed by atoms with Gasteiger partial charge in [0, 0.05) is 4.47 Å². The topological polar surface area (TPSA) is 46.2 Å². The predicted octanol–water partition coefficient (Wildman–Crippen LogP) is 4.04. The third-order valence-corrected chi connectivity index (χ3v) is 4.84. The second-order valence-electron chi connectivity index (χ2n) is 3.66. The molecule has 0 atom stereocenters. The van der Waals surface area contributed by atoms with Crippen LogP contribution in [-0.2, 0) is 10.0 Å². The average molecular weight is 365 g/mol. The molecule has 0 aromatic heterocycles. The Kier molecular flexibility index (Phi) is 4.13. The molecule has 0 amide bonds. The summed E-state index contributed by atoms with van der Waals surface area (Å²) in [6.45, 7) is 0. The van der Waals surface area contributed by atoms with Crippen LogP contribution in [0.5, 0.6) is 0 Å². The van der Waals surface area contributed by atoms with Crippen molar-refractivity contribution < 1.29 is 12.8 Å². The normalized spacial score (nSPS) is 11.3. The van der Waals surface area contributed by atoms with Gasteiger partial charge < -0.3 is 0 Å². The lowest BCUT2D eigenvalue weighted by molar-refractivity contribution is 0.595. The average Bonchev–Trinajstić information content (AvgIpc) is 2.35. The number of hydrogen-bond donors (Lipinski definition) is 1. The minimum Gasteiger partial charge on any atom is -0.278 e. The first-order chi connectivity index (χ1) is 8.90. The molecule has 7 heteroatoms. The Morgan fingerprint density at radius 3 is 2.53 bits per heavy atom. The summed E-state index contributed by atoms with van der Waals surface area (Å²) in [6, 6.07) is 9.86. The Bertz CT molecular complexity index is 721. The standard InChI is InChI=1S/C12H8BrClFNO2S/c13-9-3-1-2-4-11(9)16-19(17,18)12-7-8(15)5-6-10(12)14/h1-7,16H. The van der Waals surface area contributed by atoms with Gasteiger partial charge in [0.15, 0.2) is 0 Å². The maximum Gasteiger partial charge on any atom is 0.263 e. The Balaban J connectivity index is 2.44. The van der Waals surface area contributed by atoms with E-state index >= 15 is 0 Å². The monoisotopic (exact) mass is 363 g/mol. The first-order valence-electron chi connectivity index (χ1n) is 5.12. The smallest absolute Gasteiger partial charge is 0.263 e. The summed E-state index contributed by atoms with van der Waals surface area (Å²) in [4.78, 5) is -0.301. The lowest BCUT2D eigenvalue weighted by atomic mass is 10.3. The van der Waals surface area contributed by atoms with Crippen LogP contribution in [0.1, 0.15) is 0 Å². The Hall–Kier alpha value is -1.11. The van der Waals surface area contributed by atoms with E-state index in [0.717, 1.165) is 12.1 Å². The maximum atomic E-state index is 13.1. The van der Waals surface area contributed by atoms with Crippen LogP contribution in [0.2, 0.25) is 5.02 Å². The van der Waals surface area contributed by atoms with Crippen molar-refractivity contribution in [3.8, 4) is 0 Å². The number of rotatable bonds is 3. The van der Waals surface area contributed by atoms with E-state index in [-0.39, 0.29) is 9.92 Å². The van der Waals surface area contributed by atoms with E-state index in [1.165, 1.54) is 6.07 Å². The SMILES string of the molecule is O=S(=O)(Nc1ccccc1Br)c1cc(F)ccc1Cl. The molecule has 2 rings (SSSR count). The van der Waals surface area contributed by atoms with Gasteiger partial charge in [-0.25, -0.2) is 12.8 Å². The van der Waals surface area contributed by atoms with Crippen molar-refractivity contribution in [2.75, 3.05) is 4.72 Å². The first kappa shape index (κ1) is 14.3. The van der Waals surface area contributed by atoms with Gasteiger partial charge in [0.1, 0.15) is 10.7 Å². The van der Waals surface area contributed by atoms with Gasteiger partial charge in [0.25, 0.3) is 10.0 Å². The molecule has 1 N–H and O–H groups in total. The molecule has 0 aliphatic rings. The third kappa shape index (κ3) is 3.26. The molecule has 0 saturated heterocycles. The summed E-state index contributed by atoms with van der Waals surface area (Å²) in [5.74, 6) is -0.670. The zero-order chi connectivity index (χ0) is 14.0. The van der Waals surface area contributed by atoms with Crippen LogP contribution in [0.25, 0.3) is 0 Å². The van der Waals surface area contributed by atoms with Crippen molar-refractivity contribution in [3.05, 3.63) is 57.8 Å². The number of halogens is 3. The summed E-state index contributed by atoms with van der Waals surface area (Å²) >= 11 is 9.01. The van der Waals surface area contributed by atoms with Gasteiger partial charge in [0.05, 0.1) is 10.7 Å². The molecule has 0 radical (unpaired) electrons. The molecular weight excluding hydrogens is 357 g/mol. The van der Waals surface area contributed by atoms with Crippen molar-refractivity contribution in [3.63, 3.8) is 0 Å². The van der Waals surface area contributed by atoms with Crippen LogP contribution in [0.15, 0.2) is 51.8 Å². The van der Waals surface area contributed by atoms with Crippen molar-refractivity contribution in [1.29, 1.82) is 0 Å². The Morgan fingerprint density at radius 1 is 1.16 bits per heavy atom. The summed E-state index contributed by atoms with van der Waals surface area (Å²) < 4.78 is 40.3. The fourth-order valence-electron chi connectivity index (χ4n) is 1.43. The van der Waals surface area contributed by atoms with E-state index in [9.17, 15) is 12.8 Å². The number of benzene rings is 2. The highest BCUT2D eigenvalue weighted by atomic mass is 79.9. The van der Waals surface area contributed by atoms with Gasteiger partial charge in [-0.1, -0.05) is 23.7 Å². The van der Waals surface area contributed by atoms with Crippen LogP contribution >= 0.6 is 27.5 Å². The predicted molar refractivity (Wildman–Crippen MR) is 76.4 cm³/mol. The van der Waals surface area contributed by atoms with Gasteiger partial charge in [0.2, 0.25) is 0 Å². The highest BCUT2D eigenvalue weighted by Gasteiger charge is 2.19. The van der Waals surface area contributed by atoms with Crippen LogP contribution in [0, 0.1) is 5.82 Å². The van der Waals surface area contributed by atoms with Gasteiger partial charge in [-0.3, -0.25) is 4.72 Å². The van der Waals surface area contributed by atoms with Gasteiger partial charge in [-0.2, -0.15) is 0 Å². The molecule has 0 fully saturated rings. The van der Waals surface area contributed by atoms with E-state index in [0.29, 0.717) is 10.2 Å². The fourth-order valence-corrected chi connectivity index (χ4v) is 3.53. The first-order valence-corrected chi connectivity index (χ1v) is 7.78. The molecule has 19 heavy (non-hydrogen) atoms. The summed E-state index contributed by atoms with van der Waals surface area (Å²) in [5.41, 5.74) is 0.350. The molecular formula is C12H8BrClFNO2S. The highest BCUT2D eigenvalue weighted by Crippen LogP contribution is 2.27. The van der Waals surface area contributed by atoms with Crippen molar-refractivity contribution in [1.82, 2.24) is 0 Å². The molecule has 0 saturated carbocycles. The summed E-state index contributed by atoms with van der Waals surface area (Å²) in [7, 11) is -3.94. The molecule has 0 spiro atoms. The van der Waals surface area contributed by atoms with E-state index in [1.807, 2.05) is 0 Å². The summed E-state index contributed by atoms with van der Waals surface area (Å²) in [5, 5.41) is -0.0408.